The van der Waals surface area contributed by atoms with E-state index in [0.29, 0.717) is 24.1 Å². The summed E-state index contributed by atoms with van der Waals surface area (Å²) < 4.78 is 5.40. The van der Waals surface area contributed by atoms with E-state index in [1.807, 2.05) is 0 Å². The van der Waals surface area contributed by atoms with E-state index in [4.69, 9.17) is 9.52 Å². The average Bonchev–Trinajstić information content (AvgIpc) is 2.74. The number of nitrogens with zero attached hydrogens (tertiary/aromatic N) is 1. The normalized spacial score (nSPS) is 11.5. The summed E-state index contributed by atoms with van der Waals surface area (Å²) in [6.07, 6.45) is 2.25. The molecule has 0 saturated heterocycles. The molecule has 5 heteroatoms. The van der Waals surface area contributed by atoms with Crippen molar-refractivity contribution in [2.24, 2.45) is 0 Å². The summed E-state index contributed by atoms with van der Waals surface area (Å²) in [5.41, 5.74) is 0.250. The highest BCUT2D eigenvalue weighted by Gasteiger charge is 2.13. The van der Waals surface area contributed by atoms with Crippen LogP contribution >= 0.6 is 0 Å². The molecule has 0 aromatic carbocycles. The molecule has 0 atom stereocenters. The minimum atomic E-state index is -0.936. The van der Waals surface area contributed by atoms with Gasteiger partial charge in [0, 0.05) is 6.04 Å². The van der Waals surface area contributed by atoms with Gasteiger partial charge in [0.2, 0.25) is 0 Å². The zero-order valence-electron chi connectivity index (χ0n) is 12.9. The number of unbranched alkanes of at least 4 members (excludes halogenated alkanes) is 1. The first-order chi connectivity index (χ1) is 9.41. The number of nitrogens with one attached hydrogen (secondary N) is 1. The largest absolute Gasteiger partial charge is 0.478 e. The molecular formula is C15H26N2O3. The van der Waals surface area contributed by atoms with Crippen molar-refractivity contribution in [2.75, 3.05) is 20.1 Å². The van der Waals surface area contributed by atoms with Crippen molar-refractivity contribution < 1.29 is 14.3 Å². The third kappa shape index (κ3) is 5.35. The Morgan fingerprint density at radius 2 is 2.15 bits per heavy atom. The van der Waals surface area contributed by atoms with E-state index in [9.17, 15) is 4.79 Å². The predicted octanol–water partition coefficient (Wildman–Crippen LogP) is 2.50. The number of carbonyl (C=O) groups is 1. The minimum absolute atomic E-state index is 0.250. The van der Waals surface area contributed by atoms with Gasteiger partial charge in [-0.05, 0) is 59.8 Å². The van der Waals surface area contributed by atoms with Gasteiger partial charge in [-0.15, -0.1) is 0 Å². The number of hydrogen-bond donors (Lipinski definition) is 2. The third-order valence-electron chi connectivity index (χ3n) is 3.49. The van der Waals surface area contributed by atoms with Crippen molar-refractivity contribution in [3.05, 3.63) is 23.2 Å². The molecule has 0 amide bonds. The molecule has 0 radical (unpaired) electrons. The Balaban J connectivity index is 2.19. The number of carboxylic acids is 1. The zero-order valence-corrected chi connectivity index (χ0v) is 12.9. The lowest BCUT2D eigenvalue weighted by molar-refractivity contribution is 0.0695. The lowest BCUT2D eigenvalue weighted by Crippen LogP contribution is -2.27. The number of aromatic carboxylic acids is 1. The smallest absolute Gasteiger partial charge is 0.339 e. The molecule has 1 heterocycles. The summed E-state index contributed by atoms with van der Waals surface area (Å²) in [6.45, 7) is 8.65. The van der Waals surface area contributed by atoms with Crippen LogP contribution in [0.3, 0.4) is 0 Å². The lowest BCUT2D eigenvalue weighted by Gasteiger charge is -2.20. The number of aryl methyl sites for hydroxylation is 1. The van der Waals surface area contributed by atoms with Gasteiger partial charge in [0.25, 0.3) is 0 Å². The fourth-order valence-electron chi connectivity index (χ4n) is 1.92. The van der Waals surface area contributed by atoms with Crippen LogP contribution in [-0.4, -0.2) is 42.2 Å². The Morgan fingerprint density at radius 3 is 2.70 bits per heavy atom. The number of carboxylic acid groups (broad SMARTS) is 1. The molecule has 1 rings (SSSR count). The molecule has 1 aromatic rings. The average molecular weight is 282 g/mol. The maximum absolute atomic E-state index is 10.9. The van der Waals surface area contributed by atoms with Gasteiger partial charge in [0.1, 0.15) is 17.1 Å². The number of rotatable bonds is 9. The van der Waals surface area contributed by atoms with Crippen LogP contribution in [0.15, 0.2) is 10.5 Å². The number of hydrogen-bond acceptors (Lipinski definition) is 4. The molecular weight excluding hydrogens is 256 g/mol. The fraction of sp³-hybridized carbons (Fsp3) is 0.667. The summed E-state index contributed by atoms with van der Waals surface area (Å²) in [5, 5.41) is 12.2. The van der Waals surface area contributed by atoms with Crippen LogP contribution in [0.5, 0.6) is 0 Å². The molecule has 20 heavy (non-hydrogen) atoms. The van der Waals surface area contributed by atoms with E-state index in [1.165, 1.54) is 0 Å². The summed E-state index contributed by atoms with van der Waals surface area (Å²) >= 11 is 0. The van der Waals surface area contributed by atoms with E-state index < -0.39 is 5.97 Å². The third-order valence-corrected chi connectivity index (χ3v) is 3.49. The van der Waals surface area contributed by atoms with Crippen LogP contribution in [0.25, 0.3) is 0 Å². The van der Waals surface area contributed by atoms with Crippen LogP contribution in [0.1, 0.15) is 48.6 Å². The molecule has 0 spiro atoms. The van der Waals surface area contributed by atoms with Crippen LogP contribution < -0.4 is 5.32 Å². The van der Waals surface area contributed by atoms with Crippen molar-refractivity contribution in [2.45, 2.75) is 46.2 Å². The molecule has 0 fully saturated rings. The molecule has 114 valence electrons. The van der Waals surface area contributed by atoms with Crippen molar-refractivity contribution in [1.82, 2.24) is 10.2 Å². The topological polar surface area (TPSA) is 65.7 Å². The second-order valence-electron chi connectivity index (χ2n) is 5.45. The van der Waals surface area contributed by atoms with Gasteiger partial charge in [0.15, 0.2) is 0 Å². The van der Waals surface area contributed by atoms with Crippen molar-refractivity contribution in [1.29, 1.82) is 0 Å². The highest BCUT2D eigenvalue weighted by atomic mass is 16.4. The van der Waals surface area contributed by atoms with Crippen molar-refractivity contribution in [3.63, 3.8) is 0 Å². The van der Waals surface area contributed by atoms with Crippen LogP contribution in [0.4, 0.5) is 0 Å². The van der Waals surface area contributed by atoms with E-state index >= 15 is 0 Å². The monoisotopic (exact) mass is 282 g/mol. The van der Waals surface area contributed by atoms with E-state index in [-0.39, 0.29) is 5.56 Å². The van der Waals surface area contributed by atoms with E-state index in [1.54, 1.807) is 13.0 Å². The van der Waals surface area contributed by atoms with Crippen LogP contribution in [-0.2, 0) is 6.54 Å². The SMILES string of the molecule is Cc1oc(CNCCCCN(C)C(C)C)cc1C(=O)O. The van der Waals surface area contributed by atoms with Gasteiger partial charge in [-0.3, -0.25) is 0 Å². The Kier molecular flexibility index (Phi) is 6.75. The van der Waals surface area contributed by atoms with Gasteiger partial charge >= 0.3 is 5.97 Å². The fourth-order valence-corrected chi connectivity index (χ4v) is 1.92. The first-order valence-electron chi connectivity index (χ1n) is 7.15. The molecule has 0 bridgehead atoms. The summed E-state index contributed by atoms with van der Waals surface area (Å²) in [6, 6.07) is 2.18. The Morgan fingerprint density at radius 1 is 1.45 bits per heavy atom. The Hall–Kier alpha value is -1.33. The second kappa shape index (κ2) is 8.07. The van der Waals surface area contributed by atoms with Gasteiger partial charge in [0.05, 0.1) is 6.54 Å². The molecule has 0 aliphatic heterocycles. The van der Waals surface area contributed by atoms with E-state index in [2.05, 4.69) is 31.1 Å². The molecule has 0 saturated carbocycles. The summed E-state index contributed by atoms with van der Waals surface area (Å²) in [4.78, 5) is 13.2. The summed E-state index contributed by atoms with van der Waals surface area (Å²) in [7, 11) is 2.14. The van der Waals surface area contributed by atoms with Crippen LogP contribution in [0, 0.1) is 6.92 Å². The van der Waals surface area contributed by atoms with Gasteiger partial charge < -0.3 is 19.7 Å². The molecule has 0 unspecified atom stereocenters. The molecule has 2 N–H and O–H groups in total. The van der Waals surface area contributed by atoms with Gasteiger partial charge in [-0.1, -0.05) is 0 Å². The first-order valence-corrected chi connectivity index (χ1v) is 7.15. The maximum atomic E-state index is 10.9. The van der Waals surface area contributed by atoms with Crippen molar-refractivity contribution >= 4 is 5.97 Å². The number of furan rings is 1. The van der Waals surface area contributed by atoms with E-state index in [0.717, 1.165) is 25.9 Å². The molecule has 5 nitrogen and oxygen atoms in total. The Labute approximate surface area is 121 Å². The maximum Gasteiger partial charge on any atom is 0.339 e. The first kappa shape index (κ1) is 16.7. The second-order valence-corrected chi connectivity index (χ2v) is 5.45. The quantitative estimate of drug-likeness (QED) is 0.681. The zero-order chi connectivity index (χ0) is 15.1. The highest BCUT2D eigenvalue weighted by molar-refractivity contribution is 5.88. The van der Waals surface area contributed by atoms with Gasteiger partial charge in [-0.25, -0.2) is 4.79 Å². The lowest BCUT2D eigenvalue weighted by atomic mass is 10.2. The minimum Gasteiger partial charge on any atom is -0.478 e. The molecule has 0 aliphatic rings. The highest BCUT2D eigenvalue weighted by Crippen LogP contribution is 2.14. The van der Waals surface area contributed by atoms with Crippen LogP contribution in [0.2, 0.25) is 0 Å². The molecule has 1 aromatic heterocycles. The van der Waals surface area contributed by atoms with Gasteiger partial charge in [-0.2, -0.15) is 0 Å². The predicted molar refractivity (Wildman–Crippen MR) is 79.1 cm³/mol. The standard InChI is InChI=1S/C15H26N2O3/c1-11(2)17(4)8-6-5-7-16-10-13-9-14(15(18)19)12(3)20-13/h9,11,16H,5-8,10H2,1-4H3,(H,18,19). The summed E-state index contributed by atoms with van der Waals surface area (Å²) in [5.74, 6) is 0.210. The molecule has 0 aliphatic carbocycles. The Bertz CT molecular complexity index is 427. The van der Waals surface area contributed by atoms with Crippen molar-refractivity contribution in [3.8, 4) is 0 Å².